The maximum atomic E-state index is 13.2. The highest BCUT2D eigenvalue weighted by atomic mass is 35.5. The molecule has 2 aromatic rings. The molecule has 0 unspecified atom stereocenters. The second kappa shape index (κ2) is 12.5. The monoisotopic (exact) mass is 494 g/mol. The van der Waals surface area contributed by atoms with Gasteiger partial charge < -0.3 is 10.2 Å². The molecule has 174 valence electrons. The van der Waals surface area contributed by atoms with Crippen LogP contribution < -0.4 is 5.32 Å². The van der Waals surface area contributed by atoms with Gasteiger partial charge in [0.25, 0.3) is 0 Å². The molecular weight excluding hydrogens is 463 g/mol. The third-order valence-corrected chi connectivity index (χ3v) is 7.01. The molecule has 7 heteroatoms. The summed E-state index contributed by atoms with van der Waals surface area (Å²) < 4.78 is 0. The number of halogens is 2. The lowest BCUT2D eigenvalue weighted by molar-refractivity contribution is -0.138. The highest BCUT2D eigenvalue weighted by Crippen LogP contribution is 2.24. The summed E-state index contributed by atoms with van der Waals surface area (Å²) >= 11 is 13.8. The molecule has 0 bridgehead atoms. The number of nitrogens with one attached hydrogen (secondary N) is 1. The fourth-order valence-corrected chi connectivity index (χ4v) is 4.54. The van der Waals surface area contributed by atoms with Crippen molar-refractivity contribution in [2.45, 2.75) is 65.4 Å². The van der Waals surface area contributed by atoms with Crippen LogP contribution in [0.15, 0.2) is 36.4 Å². The fourth-order valence-electron chi connectivity index (χ4n) is 3.37. The van der Waals surface area contributed by atoms with Crippen molar-refractivity contribution in [3.05, 3.63) is 68.7 Å². The molecule has 2 amide bonds. The van der Waals surface area contributed by atoms with E-state index in [1.807, 2.05) is 19.9 Å². The summed E-state index contributed by atoms with van der Waals surface area (Å²) in [6.07, 6.45) is 0.824. The lowest BCUT2D eigenvalue weighted by atomic mass is 10.1. The molecule has 0 aliphatic carbocycles. The molecule has 0 fully saturated rings. The Balaban J connectivity index is 2.13. The van der Waals surface area contributed by atoms with Crippen LogP contribution >= 0.6 is 35.0 Å². The lowest BCUT2D eigenvalue weighted by Crippen LogP contribution is -2.50. The molecule has 0 aliphatic rings. The predicted octanol–water partition coefficient (Wildman–Crippen LogP) is 6.18. The Kier molecular flexibility index (Phi) is 10.4. The molecule has 0 saturated carbocycles. The number of amides is 2. The van der Waals surface area contributed by atoms with E-state index in [-0.39, 0.29) is 30.2 Å². The molecular formula is C25H32Cl2N2O2S. The van der Waals surface area contributed by atoms with Gasteiger partial charge in [0.15, 0.2) is 0 Å². The summed E-state index contributed by atoms with van der Waals surface area (Å²) in [4.78, 5) is 27.6. The minimum atomic E-state index is -0.604. The molecule has 0 aromatic heterocycles. The van der Waals surface area contributed by atoms with Crippen molar-refractivity contribution in [3.63, 3.8) is 0 Å². The summed E-state index contributed by atoms with van der Waals surface area (Å²) in [5.74, 6) is 0.779. The summed E-state index contributed by atoms with van der Waals surface area (Å²) in [6, 6.07) is 11.1. The summed E-state index contributed by atoms with van der Waals surface area (Å²) in [5.41, 5.74) is 4.45. The number of hydrogen-bond donors (Lipinski definition) is 1. The highest BCUT2D eigenvalue weighted by Gasteiger charge is 2.26. The van der Waals surface area contributed by atoms with E-state index in [1.54, 1.807) is 35.7 Å². The average molecular weight is 496 g/mol. The van der Waals surface area contributed by atoms with E-state index in [0.29, 0.717) is 10.0 Å². The second-order valence-corrected chi connectivity index (χ2v) is 10.1. The van der Waals surface area contributed by atoms with Crippen LogP contribution in [0, 0.1) is 13.8 Å². The van der Waals surface area contributed by atoms with E-state index in [1.165, 1.54) is 16.7 Å². The number of thioether (sulfide) groups is 1. The van der Waals surface area contributed by atoms with E-state index in [4.69, 9.17) is 23.2 Å². The molecule has 0 aliphatic heterocycles. The number of carbonyl (C=O) groups excluding carboxylic acids is 2. The quantitative estimate of drug-likeness (QED) is 0.429. The van der Waals surface area contributed by atoms with Gasteiger partial charge in [0, 0.05) is 18.3 Å². The van der Waals surface area contributed by atoms with Crippen LogP contribution in [0.2, 0.25) is 10.0 Å². The van der Waals surface area contributed by atoms with Gasteiger partial charge in [0.1, 0.15) is 6.04 Å². The number of benzene rings is 2. The first-order valence-corrected chi connectivity index (χ1v) is 12.7. The van der Waals surface area contributed by atoms with E-state index in [2.05, 4.69) is 37.4 Å². The van der Waals surface area contributed by atoms with Crippen molar-refractivity contribution in [3.8, 4) is 0 Å². The van der Waals surface area contributed by atoms with Crippen LogP contribution in [-0.2, 0) is 21.9 Å². The molecule has 4 nitrogen and oxygen atoms in total. The van der Waals surface area contributed by atoms with E-state index in [9.17, 15) is 9.59 Å². The minimum absolute atomic E-state index is 0.0470. The molecule has 0 saturated heterocycles. The Hall–Kier alpha value is -1.69. The number of hydrogen-bond acceptors (Lipinski definition) is 3. The third-order valence-electron chi connectivity index (χ3n) is 5.28. The summed E-state index contributed by atoms with van der Waals surface area (Å²) in [6.45, 7) is 10.2. The van der Waals surface area contributed by atoms with Crippen LogP contribution in [0.1, 0.15) is 49.4 Å². The van der Waals surface area contributed by atoms with Crippen molar-refractivity contribution in [1.82, 2.24) is 10.2 Å². The van der Waals surface area contributed by atoms with Crippen molar-refractivity contribution >= 4 is 46.8 Å². The number of rotatable bonds is 10. The average Bonchev–Trinajstić information content (AvgIpc) is 2.73. The Bertz CT molecular complexity index is 931. The molecule has 2 rings (SSSR count). The Morgan fingerprint density at radius 2 is 1.66 bits per heavy atom. The number of carbonyl (C=O) groups is 2. The fraction of sp³-hybridized carbons (Fsp3) is 0.440. The van der Waals surface area contributed by atoms with Gasteiger partial charge in [-0.1, -0.05) is 65.5 Å². The first kappa shape index (κ1) is 26.6. The first-order valence-electron chi connectivity index (χ1n) is 10.8. The second-order valence-electron chi connectivity index (χ2n) is 8.25. The van der Waals surface area contributed by atoms with Gasteiger partial charge in [-0.15, -0.1) is 11.8 Å². The molecule has 0 spiro atoms. The maximum Gasteiger partial charge on any atom is 0.242 e. The normalized spacial score (nSPS) is 12.8. The Morgan fingerprint density at radius 1 is 1.00 bits per heavy atom. The van der Waals surface area contributed by atoms with Crippen LogP contribution in [0.3, 0.4) is 0 Å². The zero-order valence-corrected chi connectivity index (χ0v) is 21.7. The van der Waals surface area contributed by atoms with Crippen molar-refractivity contribution in [2.24, 2.45) is 0 Å². The summed E-state index contributed by atoms with van der Waals surface area (Å²) in [5, 5.41) is 3.86. The Labute approximate surface area is 206 Å². The SMILES string of the molecule is CC[C@@H](C)NC(=O)[C@H](C)N(Cc1ccc(Cl)c(Cl)c1)C(=O)CSCc1cc(C)cc(C)c1. The molecule has 32 heavy (non-hydrogen) atoms. The zero-order chi connectivity index (χ0) is 23.8. The van der Waals surface area contributed by atoms with E-state index >= 15 is 0 Å². The van der Waals surface area contributed by atoms with Gasteiger partial charge in [-0.3, -0.25) is 9.59 Å². The topological polar surface area (TPSA) is 49.4 Å². The van der Waals surface area contributed by atoms with E-state index in [0.717, 1.165) is 17.7 Å². The van der Waals surface area contributed by atoms with Crippen molar-refractivity contribution in [2.75, 3.05) is 5.75 Å². The van der Waals surface area contributed by atoms with Crippen LogP contribution in [-0.4, -0.2) is 34.6 Å². The van der Waals surface area contributed by atoms with Crippen molar-refractivity contribution in [1.29, 1.82) is 0 Å². The summed E-state index contributed by atoms with van der Waals surface area (Å²) in [7, 11) is 0. The van der Waals surface area contributed by atoms with Gasteiger partial charge in [-0.25, -0.2) is 0 Å². The van der Waals surface area contributed by atoms with Crippen LogP contribution in [0.5, 0.6) is 0 Å². The van der Waals surface area contributed by atoms with Crippen LogP contribution in [0.25, 0.3) is 0 Å². The highest BCUT2D eigenvalue weighted by molar-refractivity contribution is 7.99. The smallest absolute Gasteiger partial charge is 0.242 e. The Morgan fingerprint density at radius 3 is 2.25 bits per heavy atom. The predicted molar refractivity (Wildman–Crippen MR) is 136 cm³/mol. The number of nitrogens with zero attached hydrogens (tertiary/aromatic N) is 1. The molecule has 2 aromatic carbocycles. The minimum Gasteiger partial charge on any atom is -0.352 e. The van der Waals surface area contributed by atoms with Gasteiger partial charge in [-0.2, -0.15) is 0 Å². The largest absolute Gasteiger partial charge is 0.352 e. The van der Waals surface area contributed by atoms with Gasteiger partial charge in [0.2, 0.25) is 11.8 Å². The van der Waals surface area contributed by atoms with Gasteiger partial charge in [-0.05, 0) is 57.4 Å². The third kappa shape index (κ3) is 8.02. The standard InChI is InChI=1S/C25H32Cl2N2O2S/c1-6-18(4)28-25(31)19(5)29(13-20-7-8-22(26)23(27)12-20)24(30)15-32-14-21-10-16(2)9-17(3)11-21/h7-12,18-19H,6,13-15H2,1-5H3,(H,28,31)/t18-,19+/m1/s1. The van der Waals surface area contributed by atoms with E-state index < -0.39 is 6.04 Å². The maximum absolute atomic E-state index is 13.2. The van der Waals surface area contributed by atoms with Crippen molar-refractivity contribution < 1.29 is 9.59 Å². The number of aryl methyl sites for hydroxylation is 2. The first-order chi connectivity index (χ1) is 15.1. The molecule has 2 atom stereocenters. The zero-order valence-electron chi connectivity index (χ0n) is 19.4. The van der Waals surface area contributed by atoms with Gasteiger partial charge in [0.05, 0.1) is 15.8 Å². The molecule has 1 N–H and O–H groups in total. The lowest BCUT2D eigenvalue weighted by Gasteiger charge is -2.29. The van der Waals surface area contributed by atoms with Gasteiger partial charge >= 0.3 is 0 Å². The van der Waals surface area contributed by atoms with Crippen LogP contribution in [0.4, 0.5) is 0 Å². The molecule has 0 heterocycles. The molecule has 0 radical (unpaired) electrons.